The van der Waals surface area contributed by atoms with Crippen molar-refractivity contribution in [3.05, 3.63) is 18.2 Å². The van der Waals surface area contributed by atoms with E-state index in [0.29, 0.717) is 5.69 Å². The second-order valence-corrected chi connectivity index (χ2v) is 7.19. The lowest BCUT2D eigenvalue weighted by Gasteiger charge is -2.25. The Hall–Kier alpha value is -3.52. The molecule has 0 aliphatic rings. The van der Waals surface area contributed by atoms with E-state index in [0.717, 1.165) is 0 Å². The Morgan fingerprint density at radius 1 is 1.03 bits per heavy atom. The van der Waals surface area contributed by atoms with Crippen LogP contribution in [0.2, 0.25) is 0 Å². The van der Waals surface area contributed by atoms with Crippen LogP contribution >= 0.6 is 0 Å². The molecule has 0 aliphatic carbocycles. The quantitative estimate of drug-likeness (QED) is 0.150. The van der Waals surface area contributed by atoms with Crippen LogP contribution in [0.5, 0.6) is 0 Å². The van der Waals surface area contributed by atoms with Crippen molar-refractivity contribution in [2.75, 3.05) is 0 Å². The van der Waals surface area contributed by atoms with Gasteiger partial charge in [-0.15, -0.1) is 0 Å². The Balaban J connectivity index is 3.06. The van der Waals surface area contributed by atoms with Gasteiger partial charge in [-0.25, -0.2) is 9.78 Å². The number of carbonyl (C=O) groups excluding carboxylic acids is 3. The number of hydrogen-bond donors (Lipinski definition) is 8. The maximum atomic E-state index is 12.8. The van der Waals surface area contributed by atoms with Crippen molar-refractivity contribution < 1.29 is 39.3 Å². The zero-order chi connectivity index (χ0) is 24.4. The number of carbonyl (C=O) groups is 5. The van der Waals surface area contributed by atoms with Gasteiger partial charge in [-0.3, -0.25) is 19.2 Å². The van der Waals surface area contributed by atoms with E-state index >= 15 is 0 Å². The lowest BCUT2D eigenvalue weighted by atomic mass is 10.1. The van der Waals surface area contributed by atoms with Crippen LogP contribution in [-0.2, 0) is 30.4 Å². The number of nitrogens with zero attached hydrogens (tertiary/aromatic N) is 1. The molecule has 0 aromatic carbocycles. The van der Waals surface area contributed by atoms with Gasteiger partial charge in [-0.2, -0.15) is 0 Å². The summed E-state index contributed by atoms with van der Waals surface area (Å²) in [6, 6.07) is -5.25. The highest BCUT2D eigenvalue weighted by Gasteiger charge is 2.32. The summed E-state index contributed by atoms with van der Waals surface area (Å²) in [5.41, 5.74) is 5.90. The van der Waals surface area contributed by atoms with E-state index in [-0.39, 0.29) is 12.8 Å². The highest BCUT2D eigenvalue weighted by Crippen LogP contribution is 2.05. The molecular formula is C18H28N6O8. The normalized spacial score (nSPS) is 15.5. The van der Waals surface area contributed by atoms with E-state index in [1.165, 1.54) is 26.4 Å². The third-order valence-corrected chi connectivity index (χ3v) is 4.35. The highest BCUT2D eigenvalue weighted by molar-refractivity contribution is 5.94. The zero-order valence-electron chi connectivity index (χ0n) is 17.6. The molecule has 1 rings (SSSR count). The summed E-state index contributed by atoms with van der Waals surface area (Å²) in [6.45, 7) is 2.55. The molecule has 178 valence electrons. The number of aromatic nitrogens is 2. The zero-order valence-corrected chi connectivity index (χ0v) is 17.6. The summed E-state index contributed by atoms with van der Waals surface area (Å²) in [5.74, 6) is -5.18. The lowest BCUT2D eigenvalue weighted by Crippen LogP contribution is -2.58. The summed E-state index contributed by atoms with van der Waals surface area (Å²) in [7, 11) is 0. The van der Waals surface area contributed by atoms with Crippen molar-refractivity contribution in [3.8, 4) is 0 Å². The van der Waals surface area contributed by atoms with Crippen LogP contribution in [0.1, 0.15) is 32.4 Å². The number of imidazole rings is 1. The summed E-state index contributed by atoms with van der Waals surface area (Å²) in [6.07, 6.45) is 0.446. The predicted molar refractivity (Wildman–Crippen MR) is 108 cm³/mol. The van der Waals surface area contributed by atoms with E-state index in [1.807, 2.05) is 0 Å². The molecule has 1 heterocycles. The molecule has 9 N–H and O–H groups in total. The summed E-state index contributed by atoms with van der Waals surface area (Å²) in [4.78, 5) is 66.2. The van der Waals surface area contributed by atoms with Crippen molar-refractivity contribution in [1.82, 2.24) is 25.9 Å². The minimum atomic E-state index is -1.63. The van der Waals surface area contributed by atoms with Gasteiger partial charge in [0.25, 0.3) is 0 Å². The van der Waals surface area contributed by atoms with Gasteiger partial charge in [0, 0.05) is 24.7 Å². The van der Waals surface area contributed by atoms with Gasteiger partial charge in [0.2, 0.25) is 17.7 Å². The molecule has 0 spiro atoms. The summed E-state index contributed by atoms with van der Waals surface area (Å²) < 4.78 is 0. The van der Waals surface area contributed by atoms with E-state index in [1.54, 1.807) is 0 Å². The number of nitrogens with one attached hydrogen (secondary N) is 4. The Kier molecular flexibility index (Phi) is 10.2. The van der Waals surface area contributed by atoms with Gasteiger partial charge in [0.1, 0.15) is 12.1 Å². The van der Waals surface area contributed by atoms with Crippen molar-refractivity contribution >= 4 is 29.7 Å². The average molecular weight is 456 g/mol. The molecule has 0 saturated heterocycles. The minimum Gasteiger partial charge on any atom is -0.481 e. The number of hydrogen-bond acceptors (Lipinski definition) is 8. The third-order valence-electron chi connectivity index (χ3n) is 4.35. The van der Waals surface area contributed by atoms with Crippen molar-refractivity contribution in [2.45, 2.75) is 63.4 Å². The molecular weight excluding hydrogens is 428 g/mol. The number of nitrogens with two attached hydrogens (primary N) is 1. The summed E-state index contributed by atoms with van der Waals surface area (Å²) >= 11 is 0. The van der Waals surface area contributed by atoms with Crippen LogP contribution in [0.4, 0.5) is 0 Å². The molecule has 5 unspecified atom stereocenters. The monoisotopic (exact) mass is 456 g/mol. The van der Waals surface area contributed by atoms with Crippen LogP contribution in [0.15, 0.2) is 12.5 Å². The first-order chi connectivity index (χ1) is 14.9. The number of carboxylic acids is 2. The van der Waals surface area contributed by atoms with Crippen molar-refractivity contribution in [1.29, 1.82) is 0 Å². The SMILES string of the molecule is CC(N)C(=O)NC(CCC(=O)O)C(=O)NC(Cc1cnc[nH]1)C(=O)NC(C(=O)O)C(C)O. The highest BCUT2D eigenvalue weighted by atomic mass is 16.4. The van der Waals surface area contributed by atoms with Crippen molar-refractivity contribution in [3.63, 3.8) is 0 Å². The molecule has 0 radical (unpaired) electrons. The molecule has 0 saturated carbocycles. The Bertz CT molecular complexity index is 810. The van der Waals surface area contributed by atoms with Gasteiger partial charge in [0.15, 0.2) is 6.04 Å². The number of aliphatic hydroxyl groups excluding tert-OH is 1. The molecule has 14 nitrogen and oxygen atoms in total. The lowest BCUT2D eigenvalue weighted by molar-refractivity contribution is -0.145. The Morgan fingerprint density at radius 2 is 1.62 bits per heavy atom. The molecule has 0 bridgehead atoms. The first-order valence-electron chi connectivity index (χ1n) is 9.69. The first kappa shape index (κ1) is 26.5. The maximum Gasteiger partial charge on any atom is 0.328 e. The number of aliphatic hydroxyl groups is 1. The number of rotatable bonds is 13. The predicted octanol–water partition coefficient (Wildman–Crippen LogP) is -2.92. The number of carboxylic acid groups (broad SMARTS) is 2. The van der Waals surface area contributed by atoms with Crippen LogP contribution < -0.4 is 21.7 Å². The van der Waals surface area contributed by atoms with Gasteiger partial charge >= 0.3 is 11.9 Å². The standard InChI is InChI=1S/C18H28N6O8/c1-8(19)15(28)22-11(3-4-13(26)27)16(29)23-12(5-10-6-20-7-21-10)17(30)24-14(9(2)25)18(31)32/h6-9,11-12,14,25H,3-5,19H2,1-2H3,(H,20,21)(H,22,28)(H,23,29)(H,24,30)(H,26,27)(H,31,32). The fourth-order valence-corrected chi connectivity index (χ4v) is 2.58. The van der Waals surface area contributed by atoms with Crippen molar-refractivity contribution in [2.24, 2.45) is 5.73 Å². The van der Waals surface area contributed by atoms with E-state index < -0.39 is 66.4 Å². The largest absolute Gasteiger partial charge is 0.481 e. The Morgan fingerprint density at radius 3 is 2.09 bits per heavy atom. The maximum absolute atomic E-state index is 12.8. The smallest absolute Gasteiger partial charge is 0.328 e. The average Bonchev–Trinajstić information content (AvgIpc) is 3.20. The van der Waals surface area contributed by atoms with E-state index in [9.17, 15) is 34.2 Å². The molecule has 0 fully saturated rings. The third kappa shape index (κ3) is 8.69. The molecule has 0 aliphatic heterocycles. The Labute approximate surface area is 183 Å². The number of amides is 3. The van der Waals surface area contributed by atoms with Crippen LogP contribution in [-0.4, -0.2) is 85.2 Å². The summed E-state index contributed by atoms with van der Waals surface area (Å²) in [5, 5.41) is 34.5. The van der Waals surface area contributed by atoms with Crippen LogP contribution in [0, 0.1) is 0 Å². The van der Waals surface area contributed by atoms with E-state index in [4.69, 9.17) is 10.8 Å². The molecule has 14 heteroatoms. The molecule has 1 aromatic rings. The minimum absolute atomic E-state index is 0.128. The van der Waals surface area contributed by atoms with Gasteiger partial charge in [-0.05, 0) is 20.3 Å². The molecule has 1 aromatic heterocycles. The first-order valence-corrected chi connectivity index (χ1v) is 9.69. The molecule has 3 amide bonds. The van der Waals surface area contributed by atoms with Gasteiger partial charge in [-0.1, -0.05) is 0 Å². The second kappa shape index (κ2) is 12.4. The molecule has 32 heavy (non-hydrogen) atoms. The van der Waals surface area contributed by atoms with E-state index in [2.05, 4.69) is 25.9 Å². The number of aromatic amines is 1. The van der Waals surface area contributed by atoms with Crippen LogP contribution in [0.3, 0.4) is 0 Å². The topological polar surface area (TPSA) is 237 Å². The second-order valence-electron chi connectivity index (χ2n) is 7.19. The number of aliphatic carboxylic acids is 2. The number of H-pyrrole nitrogens is 1. The van der Waals surface area contributed by atoms with Gasteiger partial charge in [0.05, 0.1) is 18.5 Å². The van der Waals surface area contributed by atoms with Gasteiger partial charge < -0.3 is 42.0 Å². The van der Waals surface area contributed by atoms with Crippen LogP contribution in [0.25, 0.3) is 0 Å². The molecule has 5 atom stereocenters. The fraction of sp³-hybridized carbons (Fsp3) is 0.556. The fourth-order valence-electron chi connectivity index (χ4n) is 2.58.